The average Bonchev–Trinajstić information content (AvgIpc) is 3.02. The van der Waals surface area contributed by atoms with E-state index in [-0.39, 0.29) is 45.0 Å². The SMILES string of the molecule is COc1cccc(OC)c1C(=O)P(=O)(C(=O)c1c(OC)cccc1OC)c1ccccc1C(=O)c1c(C)cc(C)cc1C. The number of hydrogen-bond donors (Lipinski definition) is 0. The van der Waals surface area contributed by atoms with Gasteiger partial charge in [0.05, 0.1) is 28.4 Å². The molecule has 0 unspecified atom stereocenters. The topological polar surface area (TPSA) is 105 Å². The quantitative estimate of drug-likeness (QED) is 0.141. The lowest BCUT2D eigenvalue weighted by Crippen LogP contribution is -2.27. The van der Waals surface area contributed by atoms with E-state index in [1.165, 1.54) is 70.9 Å². The van der Waals surface area contributed by atoms with Crippen LogP contribution >= 0.6 is 7.14 Å². The van der Waals surface area contributed by atoms with Gasteiger partial charge in [0.15, 0.2) is 5.78 Å². The number of methoxy groups -OCH3 is 4. The maximum absolute atomic E-state index is 15.6. The molecule has 0 radical (unpaired) electrons. The van der Waals surface area contributed by atoms with Crippen molar-refractivity contribution in [3.8, 4) is 23.0 Å². The third kappa shape index (κ3) is 5.46. The molecule has 0 aliphatic carbocycles. The van der Waals surface area contributed by atoms with Crippen LogP contribution in [0.1, 0.15) is 53.3 Å². The molecule has 9 heteroatoms. The van der Waals surface area contributed by atoms with Crippen molar-refractivity contribution in [1.29, 1.82) is 0 Å². The fraction of sp³-hybridized carbons (Fsp3) is 0.206. The minimum atomic E-state index is -4.93. The first-order valence-electron chi connectivity index (χ1n) is 13.4. The Morgan fingerprint density at radius 1 is 0.558 bits per heavy atom. The number of carbonyl (C=O) groups is 3. The molecule has 4 aromatic rings. The summed E-state index contributed by atoms with van der Waals surface area (Å²) >= 11 is 0. The minimum absolute atomic E-state index is 0.0367. The summed E-state index contributed by atoms with van der Waals surface area (Å²) in [6.45, 7) is 5.55. The summed E-state index contributed by atoms with van der Waals surface area (Å²) in [4.78, 5) is 43.6. The molecule has 0 heterocycles. The molecule has 0 bridgehead atoms. The van der Waals surface area contributed by atoms with Crippen molar-refractivity contribution >= 4 is 29.3 Å². The Balaban J connectivity index is 2.11. The number of ether oxygens (including phenoxy) is 4. The normalized spacial score (nSPS) is 11.0. The van der Waals surface area contributed by atoms with Gasteiger partial charge in [0, 0.05) is 16.4 Å². The first-order valence-corrected chi connectivity index (χ1v) is 15.1. The van der Waals surface area contributed by atoms with Crippen LogP contribution in [0.2, 0.25) is 0 Å². The fourth-order valence-electron chi connectivity index (χ4n) is 5.36. The summed E-state index contributed by atoms with van der Waals surface area (Å²) < 4.78 is 37.4. The van der Waals surface area contributed by atoms with E-state index in [1.807, 2.05) is 32.9 Å². The zero-order valence-electron chi connectivity index (χ0n) is 25.1. The molecule has 0 saturated carbocycles. The van der Waals surface area contributed by atoms with Crippen molar-refractivity contribution in [3.05, 3.63) is 112 Å². The highest BCUT2D eigenvalue weighted by molar-refractivity contribution is 8.01. The van der Waals surface area contributed by atoms with Crippen LogP contribution in [0.4, 0.5) is 0 Å². The second-order valence-corrected chi connectivity index (χ2v) is 12.4. The largest absolute Gasteiger partial charge is 0.496 e. The van der Waals surface area contributed by atoms with Gasteiger partial charge >= 0.3 is 0 Å². The van der Waals surface area contributed by atoms with E-state index in [4.69, 9.17) is 18.9 Å². The van der Waals surface area contributed by atoms with E-state index in [1.54, 1.807) is 18.2 Å². The highest BCUT2D eigenvalue weighted by Gasteiger charge is 2.48. The first kappa shape index (κ1) is 31.3. The Morgan fingerprint density at radius 3 is 1.35 bits per heavy atom. The van der Waals surface area contributed by atoms with Crippen molar-refractivity contribution in [2.75, 3.05) is 28.4 Å². The number of rotatable bonds is 11. The van der Waals surface area contributed by atoms with Crippen LogP contribution in [0.5, 0.6) is 23.0 Å². The predicted molar refractivity (Wildman–Crippen MR) is 166 cm³/mol. The van der Waals surface area contributed by atoms with Gasteiger partial charge in [0.25, 0.3) is 0 Å². The zero-order valence-corrected chi connectivity index (χ0v) is 26.0. The van der Waals surface area contributed by atoms with Crippen LogP contribution in [0.3, 0.4) is 0 Å². The van der Waals surface area contributed by atoms with Gasteiger partial charge < -0.3 is 23.5 Å². The Labute approximate surface area is 250 Å². The van der Waals surface area contributed by atoms with Gasteiger partial charge in [-0.15, -0.1) is 0 Å². The molecule has 222 valence electrons. The number of benzene rings is 4. The Bertz CT molecular complexity index is 1650. The van der Waals surface area contributed by atoms with Gasteiger partial charge in [0.2, 0.25) is 18.2 Å². The molecule has 0 saturated heterocycles. The predicted octanol–water partition coefficient (Wildman–Crippen LogP) is 6.55. The standard InChI is InChI=1S/C34H33O8P/c1-20-18-21(2)29(22(3)19-20)32(35)23-12-8-9-17-28(23)43(38,33(36)30-24(39-4)13-10-14-25(30)40-5)34(37)31-26(41-6)15-11-16-27(31)42-7/h8-19H,1-7H3. The molecule has 0 amide bonds. The first-order chi connectivity index (χ1) is 20.5. The Hall–Kier alpha value is -4.68. The second kappa shape index (κ2) is 12.7. The van der Waals surface area contributed by atoms with Crippen molar-refractivity contribution < 1.29 is 37.9 Å². The molecule has 0 aromatic heterocycles. The van der Waals surface area contributed by atoms with Gasteiger partial charge in [-0.05, 0) is 62.2 Å². The third-order valence-corrected chi connectivity index (χ3v) is 9.91. The lowest BCUT2D eigenvalue weighted by Gasteiger charge is -2.23. The summed E-state index contributed by atoms with van der Waals surface area (Å²) in [7, 11) is 0.468. The van der Waals surface area contributed by atoms with Gasteiger partial charge in [-0.1, -0.05) is 48.0 Å². The van der Waals surface area contributed by atoms with Gasteiger partial charge in [-0.3, -0.25) is 14.4 Å². The zero-order chi connectivity index (χ0) is 31.5. The highest BCUT2D eigenvalue weighted by atomic mass is 31.2. The molecule has 4 aromatic carbocycles. The van der Waals surface area contributed by atoms with Crippen LogP contribution in [-0.4, -0.2) is 45.3 Å². The van der Waals surface area contributed by atoms with E-state index in [9.17, 15) is 14.4 Å². The van der Waals surface area contributed by atoms with E-state index >= 15 is 4.57 Å². The van der Waals surface area contributed by atoms with Crippen molar-refractivity contribution in [3.63, 3.8) is 0 Å². The second-order valence-electron chi connectivity index (χ2n) is 9.91. The molecule has 4 rings (SSSR count). The van der Waals surface area contributed by atoms with Crippen LogP contribution in [-0.2, 0) is 4.57 Å². The minimum Gasteiger partial charge on any atom is -0.496 e. The summed E-state index contributed by atoms with van der Waals surface area (Å²) in [5.74, 6) is -0.251. The van der Waals surface area contributed by atoms with Crippen molar-refractivity contribution in [2.45, 2.75) is 20.8 Å². The summed E-state index contributed by atoms with van der Waals surface area (Å²) in [5.41, 5.74) is 0.257. The van der Waals surface area contributed by atoms with E-state index in [2.05, 4.69) is 0 Å². The molecule has 0 N–H and O–H groups in total. The highest BCUT2D eigenvalue weighted by Crippen LogP contribution is 2.56. The number of carbonyl (C=O) groups excluding carboxylic acids is 3. The molecule has 0 fully saturated rings. The smallest absolute Gasteiger partial charge is 0.250 e. The maximum Gasteiger partial charge on any atom is 0.250 e. The maximum atomic E-state index is 15.6. The third-order valence-electron chi connectivity index (χ3n) is 7.25. The number of ketones is 1. The molecule has 8 nitrogen and oxygen atoms in total. The summed E-state index contributed by atoms with van der Waals surface area (Å²) in [6, 6.07) is 19.0. The lowest BCUT2D eigenvalue weighted by molar-refractivity contribution is 0.103. The fourth-order valence-corrected chi connectivity index (χ4v) is 7.87. The number of aryl methyl sites for hydroxylation is 3. The number of hydrogen-bond acceptors (Lipinski definition) is 8. The van der Waals surface area contributed by atoms with Crippen LogP contribution in [0.25, 0.3) is 0 Å². The van der Waals surface area contributed by atoms with Crippen molar-refractivity contribution in [1.82, 2.24) is 0 Å². The van der Waals surface area contributed by atoms with Gasteiger partial charge in [-0.2, -0.15) is 0 Å². The Morgan fingerprint density at radius 2 is 0.953 bits per heavy atom. The molecule has 43 heavy (non-hydrogen) atoms. The molecular weight excluding hydrogens is 567 g/mol. The summed E-state index contributed by atoms with van der Waals surface area (Å²) in [6.07, 6.45) is 0. The molecule has 0 aliphatic rings. The molecule has 0 spiro atoms. The van der Waals surface area contributed by atoms with Gasteiger partial charge in [-0.25, -0.2) is 0 Å². The van der Waals surface area contributed by atoms with Crippen LogP contribution < -0.4 is 24.3 Å². The molecule has 0 atom stereocenters. The van der Waals surface area contributed by atoms with E-state index < -0.39 is 24.0 Å². The Kier molecular flexibility index (Phi) is 9.22. The van der Waals surface area contributed by atoms with Crippen LogP contribution in [0, 0.1) is 20.8 Å². The van der Waals surface area contributed by atoms with Crippen LogP contribution in [0.15, 0.2) is 72.8 Å². The van der Waals surface area contributed by atoms with E-state index in [0.717, 1.165) is 5.56 Å². The van der Waals surface area contributed by atoms with Gasteiger partial charge in [0.1, 0.15) is 34.1 Å². The van der Waals surface area contributed by atoms with E-state index in [0.29, 0.717) is 16.7 Å². The lowest BCUT2D eigenvalue weighted by atomic mass is 9.93. The monoisotopic (exact) mass is 600 g/mol. The molecular formula is C34H33O8P. The average molecular weight is 601 g/mol. The van der Waals surface area contributed by atoms with Crippen molar-refractivity contribution in [2.24, 2.45) is 0 Å². The summed E-state index contributed by atoms with van der Waals surface area (Å²) in [5, 5.41) is -0.213. The molecule has 0 aliphatic heterocycles.